The van der Waals surface area contributed by atoms with Gasteiger partial charge in [-0.15, -0.1) is 0 Å². The molecule has 1 aliphatic carbocycles. The summed E-state index contributed by atoms with van der Waals surface area (Å²) >= 11 is 0. The van der Waals surface area contributed by atoms with E-state index < -0.39 is 5.97 Å². The highest BCUT2D eigenvalue weighted by atomic mass is 16.4. The van der Waals surface area contributed by atoms with Crippen molar-refractivity contribution in [2.24, 2.45) is 5.92 Å². The van der Waals surface area contributed by atoms with Gasteiger partial charge < -0.3 is 15.3 Å². The molecule has 1 fully saturated rings. The maximum atomic E-state index is 12.9. The maximum Gasteiger partial charge on any atom is 0.317 e. The van der Waals surface area contributed by atoms with Gasteiger partial charge in [-0.25, -0.2) is 4.79 Å². The molecular weight excluding hydrogens is 342 g/mol. The second-order valence-corrected chi connectivity index (χ2v) is 8.02. The van der Waals surface area contributed by atoms with E-state index in [0.717, 1.165) is 38.6 Å². The zero-order valence-corrected chi connectivity index (χ0v) is 16.4. The summed E-state index contributed by atoms with van der Waals surface area (Å²) in [7, 11) is 1.86. The van der Waals surface area contributed by atoms with Gasteiger partial charge in [0.1, 0.15) is 0 Å². The predicted molar refractivity (Wildman–Crippen MR) is 105 cm³/mol. The van der Waals surface area contributed by atoms with Gasteiger partial charge in [0.25, 0.3) is 0 Å². The molecule has 0 spiro atoms. The minimum atomic E-state index is -0.804. The molecule has 2 aliphatic rings. The van der Waals surface area contributed by atoms with Gasteiger partial charge in [-0.2, -0.15) is 0 Å². The third-order valence-corrected chi connectivity index (χ3v) is 6.10. The Morgan fingerprint density at radius 3 is 2.78 bits per heavy atom. The molecule has 1 aromatic carbocycles. The van der Waals surface area contributed by atoms with Crippen LogP contribution in [0.25, 0.3) is 0 Å². The Morgan fingerprint density at radius 1 is 1.22 bits per heavy atom. The van der Waals surface area contributed by atoms with Crippen molar-refractivity contribution < 1.29 is 14.7 Å². The predicted octanol–water partition coefficient (Wildman–Crippen LogP) is 2.89. The summed E-state index contributed by atoms with van der Waals surface area (Å²) < 4.78 is 0. The van der Waals surface area contributed by atoms with E-state index in [4.69, 9.17) is 5.11 Å². The fraction of sp³-hybridized carbons (Fsp3) is 0.619. The van der Waals surface area contributed by atoms with Crippen molar-refractivity contribution in [1.82, 2.24) is 15.1 Å². The van der Waals surface area contributed by atoms with Crippen LogP contribution in [0.4, 0.5) is 4.79 Å². The van der Waals surface area contributed by atoms with Crippen molar-refractivity contribution in [3.05, 3.63) is 35.4 Å². The molecule has 2 N–H and O–H groups in total. The summed E-state index contributed by atoms with van der Waals surface area (Å²) in [5.74, 6) is -0.383. The van der Waals surface area contributed by atoms with Crippen molar-refractivity contribution in [3.8, 4) is 0 Å². The molecule has 1 saturated heterocycles. The van der Waals surface area contributed by atoms with E-state index in [-0.39, 0.29) is 24.7 Å². The number of carboxylic acid groups (broad SMARTS) is 1. The number of aryl methyl sites for hydroxylation is 1. The Balaban J connectivity index is 1.61. The van der Waals surface area contributed by atoms with Crippen molar-refractivity contribution in [2.45, 2.75) is 51.1 Å². The van der Waals surface area contributed by atoms with Crippen LogP contribution in [0.2, 0.25) is 0 Å². The second-order valence-electron chi connectivity index (χ2n) is 8.02. The van der Waals surface area contributed by atoms with Crippen LogP contribution in [0.15, 0.2) is 24.3 Å². The first-order valence-corrected chi connectivity index (χ1v) is 10.0. The zero-order valence-electron chi connectivity index (χ0n) is 16.4. The molecule has 1 aromatic rings. The highest BCUT2D eigenvalue weighted by Crippen LogP contribution is 2.34. The molecule has 0 radical (unpaired) electrons. The topological polar surface area (TPSA) is 72.9 Å². The highest BCUT2D eigenvalue weighted by Gasteiger charge is 2.30. The van der Waals surface area contributed by atoms with Gasteiger partial charge in [0.15, 0.2) is 0 Å². The molecule has 1 aliphatic heterocycles. The number of rotatable bonds is 4. The summed E-state index contributed by atoms with van der Waals surface area (Å²) in [5.41, 5.74) is 2.59. The Kier molecular flexibility index (Phi) is 6.37. The molecule has 3 atom stereocenters. The van der Waals surface area contributed by atoms with Crippen molar-refractivity contribution in [2.75, 3.05) is 26.7 Å². The van der Waals surface area contributed by atoms with E-state index in [0.29, 0.717) is 12.5 Å². The van der Waals surface area contributed by atoms with E-state index in [1.165, 1.54) is 11.1 Å². The molecule has 0 aromatic heterocycles. The van der Waals surface area contributed by atoms with Crippen molar-refractivity contribution >= 4 is 12.0 Å². The molecule has 0 saturated carbocycles. The van der Waals surface area contributed by atoms with Crippen LogP contribution in [0.3, 0.4) is 0 Å². The maximum absolute atomic E-state index is 12.9. The van der Waals surface area contributed by atoms with Crippen LogP contribution in [-0.4, -0.2) is 59.6 Å². The summed E-state index contributed by atoms with van der Waals surface area (Å²) in [6, 6.07) is 8.69. The number of aliphatic carboxylic acids is 1. The highest BCUT2D eigenvalue weighted by molar-refractivity contribution is 5.75. The monoisotopic (exact) mass is 373 g/mol. The van der Waals surface area contributed by atoms with Crippen LogP contribution >= 0.6 is 0 Å². The lowest BCUT2D eigenvalue weighted by molar-refractivity contribution is -0.138. The lowest BCUT2D eigenvalue weighted by atomic mass is 9.81. The van der Waals surface area contributed by atoms with Gasteiger partial charge in [-0.05, 0) is 56.2 Å². The van der Waals surface area contributed by atoms with Crippen LogP contribution < -0.4 is 5.32 Å². The summed E-state index contributed by atoms with van der Waals surface area (Å²) in [6.07, 6.45) is 4.80. The number of amides is 2. The van der Waals surface area contributed by atoms with Crippen LogP contribution in [0, 0.1) is 5.92 Å². The number of benzene rings is 1. The van der Waals surface area contributed by atoms with E-state index in [2.05, 4.69) is 30.4 Å². The fourth-order valence-electron chi connectivity index (χ4n) is 4.43. The second kappa shape index (κ2) is 8.74. The van der Waals surface area contributed by atoms with Gasteiger partial charge in [-0.3, -0.25) is 9.69 Å². The Labute approximate surface area is 161 Å². The van der Waals surface area contributed by atoms with E-state index in [1.54, 1.807) is 0 Å². The normalized spacial score (nSPS) is 25.6. The summed E-state index contributed by atoms with van der Waals surface area (Å²) in [4.78, 5) is 27.7. The van der Waals surface area contributed by atoms with E-state index in [9.17, 15) is 9.59 Å². The molecule has 3 unspecified atom stereocenters. The number of hydrogen-bond acceptors (Lipinski definition) is 3. The average Bonchev–Trinajstić information content (AvgIpc) is 2.90. The van der Waals surface area contributed by atoms with E-state index in [1.807, 2.05) is 22.9 Å². The number of fused-ring (bicyclic) bond motifs is 1. The van der Waals surface area contributed by atoms with Gasteiger partial charge >= 0.3 is 12.0 Å². The van der Waals surface area contributed by atoms with Gasteiger partial charge in [-0.1, -0.05) is 31.2 Å². The number of nitrogens with one attached hydrogen (secondary N) is 1. The first-order chi connectivity index (χ1) is 13.0. The standard InChI is InChI=1S/C21H31N3O3/c1-15-9-10-16-6-3-4-8-18(16)20(15)22-21(27)24-12-5-7-17(11-13-24)23(2)14-19(25)26/h3-4,6,8,15,17,20H,5,7,9-14H2,1-2H3,(H,22,27)(H,25,26). The zero-order chi connectivity index (χ0) is 19.4. The average molecular weight is 373 g/mol. The number of carbonyl (C=O) groups excluding carboxylic acids is 1. The number of hydrogen-bond donors (Lipinski definition) is 2. The smallest absolute Gasteiger partial charge is 0.317 e. The molecule has 27 heavy (non-hydrogen) atoms. The number of nitrogens with zero attached hydrogens (tertiary/aromatic N) is 2. The fourth-order valence-corrected chi connectivity index (χ4v) is 4.43. The van der Waals surface area contributed by atoms with Crippen molar-refractivity contribution in [1.29, 1.82) is 0 Å². The largest absolute Gasteiger partial charge is 0.480 e. The minimum Gasteiger partial charge on any atom is -0.480 e. The Morgan fingerprint density at radius 2 is 2.00 bits per heavy atom. The summed E-state index contributed by atoms with van der Waals surface area (Å²) in [6.45, 7) is 3.66. The number of likely N-dealkylation sites (N-methyl/N-ethyl adjacent to an activating group) is 1. The van der Waals surface area contributed by atoms with Crippen LogP contribution in [-0.2, 0) is 11.2 Å². The minimum absolute atomic E-state index is 0.00471. The SMILES string of the molecule is CC1CCc2ccccc2C1NC(=O)N1CCCC(N(C)CC(=O)O)CC1. The number of carboxylic acids is 1. The molecule has 148 valence electrons. The molecule has 6 nitrogen and oxygen atoms in total. The lowest BCUT2D eigenvalue weighted by Crippen LogP contribution is -2.45. The molecule has 1 heterocycles. The Bertz CT molecular complexity index is 678. The van der Waals surface area contributed by atoms with Crippen LogP contribution in [0.1, 0.15) is 49.8 Å². The lowest BCUT2D eigenvalue weighted by Gasteiger charge is -2.34. The van der Waals surface area contributed by atoms with Gasteiger partial charge in [0.05, 0.1) is 12.6 Å². The Hall–Kier alpha value is -2.08. The van der Waals surface area contributed by atoms with Crippen LogP contribution in [0.5, 0.6) is 0 Å². The third kappa shape index (κ3) is 4.80. The third-order valence-electron chi connectivity index (χ3n) is 6.10. The molecular formula is C21H31N3O3. The molecule has 6 heteroatoms. The van der Waals surface area contributed by atoms with Gasteiger partial charge in [0.2, 0.25) is 0 Å². The van der Waals surface area contributed by atoms with Crippen molar-refractivity contribution in [3.63, 3.8) is 0 Å². The van der Waals surface area contributed by atoms with Gasteiger partial charge in [0, 0.05) is 19.1 Å². The number of urea groups is 1. The number of carbonyl (C=O) groups is 2. The summed E-state index contributed by atoms with van der Waals surface area (Å²) in [5, 5.41) is 12.3. The molecule has 0 bridgehead atoms. The first-order valence-electron chi connectivity index (χ1n) is 10.0. The van der Waals surface area contributed by atoms with E-state index >= 15 is 0 Å². The number of likely N-dealkylation sites (tertiary alicyclic amines) is 1. The molecule has 3 rings (SSSR count). The quantitative estimate of drug-likeness (QED) is 0.851. The first kappa shape index (κ1) is 19.7. The molecule has 2 amide bonds.